The van der Waals surface area contributed by atoms with Gasteiger partial charge in [-0.3, -0.25) is 4.79 Å². The van der Waals surface area contributed by atoms with E-state index in [0.717, 1.165) is 11.1 Å². The summed E-state index contributed by atoms with van der Waals surface area (Å²) in [5, 5.41) is 10.9. The van der Waals surface area contributed by atoms with Crippen molar-refractivity contribution in [2.45, 2.75) is 54.8 Å². The molecule has 0 spiro atoms. The van der Waals surface area contributed by atoms with E-state index < -0.39 is 15.4 Å². The highest BCUT2D eigenvalue weighted by Crippen LogP contribution is 2.38. The summed E-state index contributed by atoms with van der Waals surface area (Å²) in [5.74, 6) is 0.432. The molecule has 2 fully saturated rings. The third-order valence-electron chi connectivity index (χ3n) is 7.09. The lowest BCUT2D eigenvalue weighted by molar-refractivity contribution is -0.0419. The molecule has 3 aromatic rings. The molecule has 5 rings (SSSR count). The van der Waals surface area contributed by atoms with Crippen molar-refractivity contribution in [3.63, 3.8) is 0 Å². The minimum atomic E-state index is -3.56. The molecule has 1 aliphatic heterocycles. The van der Waals surface area contributed by atoms with E-state index in [-0.39, 0.29) is 16.6 Å². The van der Waals surface area contributed by atoms with Gasteiger partial charge in [0.15, 0.2) is 9.84 Å². The quantitative estimate of drug-likeness (QED) is 0.559. The standard InChI is InChI=1S/C25H28N2O4S2/c28-24(27-13-11-25(29,12-14-27)15-18-3-1-4-18)20-9-7-19(8-10-20)16-33(30,31)22-6-2-5-21-23(22)26-17-32-21/h2,5-10,17-18,29H,1,3-4,11-16H2. The Kier molecular flexibility index (Phi) is 6.01. The number of aliphatic hydroxyl groups is 1. The van der Waals surface area contributed by atoms with Gasteiger partial charge in [0, 0.05) is 18.7 Å². The molecule has 1 aromatic heterocycles. The van der Waals surface area contributed by atoms with Crippen LogP contribution in [0.1, 0.15) is 54.4 Å². The number of carbonyl (C=O) groups is 1. The summed E-state index contributed by atoms with van der Waals surface area (Å²) in [5.41, 5.74) is 2.70. The van der Waals surface area contributed by atoms with Crippen LogP contribution < -0.4 is 0 Å². The van der Waals surface area contributed by atoms with Gasteiger partial charge in [-0.2, -0.15) is 0 Å². The number of fused-ring (bicyclic) bond motifs is 1. The summed E-state index contributed by atoms with van der Waals surface area (Å²) in [7, 11) is -3.56. The molecular weight excluding hydrogens is 456 g/mol. The Labute approximate surface area is 198 Å². The van der Waals surface area contributed by atoms with Gasteiger partial charge in [-0.15, -0.1) is 11.3 Å². The van der Waals surface area contributed by atoms with Crippen LogP contribution in [0.2, 0.25) is 0 Å². The first kappa shape index (κ1) is 22.5. The number of aromatic nitrogens is 1. The van der Waals surface area contributed by atoms with Crippen LogP contribution in [0.4, 0.5) is 0 Å². The van der Waals surface area contributed by atoms with Crippen molar-refractivity contribution in [1.82, 2.24) is 9.88 Å². The third kappa shape index (κ3) is 4.69. The molecule has 8 heteroatoms. The van der Waals surface area contributed by atoms with Crippen LogP contribution in [0.25, 0.3) is 10.2 Å². The van der Waals surface area contributed by atoms with Crippen molar-refractivity contribution in [3.05, 3.63) is 59.1 Å². The zero-order valence-electron chi connectivity index (χ0n) is 18.4. The summed E-state index contributed by atoms with van der Waals surface area (Å²) in [6.07, 6.45) is 5.79. The molecule has 0 atom stereocenters. The summed E-state index contributed by atoms with van der Waals surface area (Å²) >= 11 is 1.42. The summed E-state index contributed by atoms with van der Waals surface area (Å²) < 4.78 is 26.9. The lowest BCUT2D eigenvalue weighted by atomic mass is 9.74. The smallest absolute Gasteiger partial charge is 0.253 e. The molecule has 2 aliphatic rings. The fourth-order valence-electron chi connectivity index (χ4n) is 4.90. The first-order chi connectivity index (χ1) is 15.8. The summed E-state index contributed by atoms with van der Waals surface area (Å²) in [4.78, 5) is 19.2. The Morgan fingerprint density at radius 3 is 2.52 bits per heavy atom. The summed E-state index contributed by atoms with van der Waals surface area (Å²) in [6, 6.07) is 12.0. The largest absolute Gasteiger partial charge is 0.390 e. The Balaban J connectivity index is 1.23. The first-order valence-electron chi connectivity index (χ1n) is 11.5. The Hall–Kier alpha value is -2.29. The molecule has 1 saturated heterocycles. The number of carbonyl (C=O) groups excluding carboxylic acids is 1. The monoisotopic (exact) mass is 484 g/mol. The van der Waals surface area contributed by atoms with Gasteiger partial charge in [-0.1, -0.05) is 37.5 Å². The summed E-state index contributed by atoms with van der Waals surface area (Å²) in [6.45, 7) is 1.10. The number of hydrogen-bond acceptors (Lipinski definition) is 6. The van der Waals surface area contributed by atoms with Crippen LogP contribution in [0, 0.1) is 5.92 Å². The molecule has 1 N–H and O–H groups in total. The van der Waals surface area contributed by atoms with Crippen molar-refractivity contribution in [3.8, 4) is 0 Å². The number of benzene rings is 2. The van der Waals surface area contributed by atoms with Crippen LogP contribution in [0.5, 0.6) is 0 Å². The lowest BCUT2D eigenvalue weighted by Crippen LogP contribution is -2.47. The number of hydrogen-bond donors (Lipinski definition) is 1. The maximum absolute atomic E-state index is 13.0. The van der Waals surface area contributed by atoms with Gasteiger partial charge >= 0.3 is 0 Å². The molecule has 1 amide bonds. The molecule has 0 bridgehead atoms. The van der Waals surface area contributed by atoms with Crippen LogP contribution in [-0.4, -0.2) is 48.0 Å². The molecule has 33 heavy (non-hydrogen) atoms. The average Bonchev–Trinajstić information content (AvgIpc) is 3.26. The molecule has 2 heterocycles. The van der Waals surface area contributed by atoms with Gasteiger partial charge < -0.3 is 10.0 Å². The normalized spacial score (nSPS) is 18.9. The number of nitrogens with zero attached hydrogens (tertiary/aromatic N) is 2. The fourth-order valence-corrected chi connectivity index (χ4v) is 7.20. The second-order valence-corrected chi connectivity index (χ2v) is 12.3. The van der Waals surface area contributed by atoms with Crippen molar-refractivity contribution in [1.29, 1.82) is 0 Å². The molecule has 6 nitrogen and oxygen atoms in total. The highest BCUT2D eigenvalue weighted by Gasteiger charge is 2.37. The minimum absolute atomic E-state index is 0.0673. The number of para-hydroxylation sites is 1. The van der Waals surface area contributed by atoms with Crippen LogP contribution >= 0.6 is 11.3 Å². The average molecular weight is 485 g/mol. The van der Waals surface area contributed by atoms with E-state index in [9.17, 15) is 18.3 Å². The first-order valence-corrected chi connectivity index (χ1v) is 14.0. The van der Waals surface area contributed by atoms with E-state index in [4.69, 9.17) is 0 Å². The van der Waals surface area contributed by atoms with E-state index in [2.05, 4.69) is 4.98 Å². The van der Waals surface area contributed by atoms with Crippen molar-refractivity contribution < 1.29 is 18.3 Å². The molecule has 174 valence electrons. The van der Waals surface area contributed by atoms with Crippen molar-refractivity contribution in [2.24, 2.45) is 5.92 Å². The van der Waals surface area contributed by atoms with Crippen molar-refractivity contribution >= 4 is 37.3 Å². The fraction of sp³-hybridized carbons (Fsp3) is 0.440. The Bertz CT molecular complexity index is 1260. The van der Waals surface area contributed by atoms with Crippen LogP contribution in [0.3, 0.4) is 0 Å². The number of amides is 1. The van der Waals surface area contributed by atoms with E-state index in [1.165, 1.54) is 30.6 Å². The zero-order chi connectivity index (χ0) is 23.1. The number of likely N-dealkylation sites (tertiary alicyclic amines) is 1. The van der Waals surface area contributed by atoms with E-state index in [1.54, 1.807) is 46.8 Å². The number of piperidine rings is 1. The number of sulfone groups is 1. The zero-order valence-corrected chi connectivity index (χ0v) is 20.1. The van der Waals surface area contributed by atoms with Gasteiger partial charge in [0.1, 0.15) is 0 Å². The van der Waals surface area contributed by atoms with E-state index in [0.29, 0.717) is 48.5 Å². The second kappa shape index (κ2) is 8.81. The highest BCUT2D eigenvalue weighted by molar-refractivity contribution is 7.90. The van der Waals surface area contributed by atoms with E-state index >= 15 is 0 Å². The molecular formula is C25H28N2O4S2. The van der Waals surface area contributed by atoms with Gasteiger partial charge in [0.2, 0.25) is 0 Å². The third-order valence-corrected chi connectivity index (χ3v) is 9.60. The topological polar surface area (TPSA) is 87.6 Å². The van der Waals surface area contributed by atoms with Crippen LogP contribution in [0.15, 0.2) is 52.9 Å². The molecule has 0 radical (unpaired) electrons. The SMILES string of the molecule is O=C(c1ccc(CS(=O)(=O)c2cccc3scnc23)cc1)N1CCC(O)(CC2CCC2)CC1. The van der Waals surface area contributed by atoms with Crippen molar-refractivity contribution in [2.75, 3.05) is 13.1 Å². The predicted octanol–water partition coefficient (Wildman–Crippen LogP) is 4.43. The predicted molar refractivity (Wildman–Crippen MR) is 129 cm³/mol. The van der Waals surface area contributed by atoms with Crippen LogP contribution in [-0.2, 0) is 15.6 Å². The Morgan fingerprint density at radius 2 is 1.85 bits per heavy atom. The minimum Gasteiger partial charge on any atom is -0.390 e. The van der Waals surface area contributed by atoms with Gasteiger partial charge in [-0.05, 0) is 55.0 Å². The number of rotatable bonds is 6. The second-order valence-electron chi connectivity index (χ2n) is 9.43. The maximum Gasteiger partial charge on any atom is 0.253 e. The van der Waals surface area contributed by atoms with Gasteiger partial charge in [-0.25, -0.2) is 13.4 Å². The molecule has 1 saturated carbocycles. The number of thiazole rings is 1. The molecule has 0 unspecified atom stereocenters. The molecule has 1 aliphatic carbocycles. The lowest BCUT2D eigenvalue weighted by Gasteiger charge is -2.41. The Morgan fingerprint density at radius 1 is 1.12 bits per heavy atom. The van der Waals surface area contributed by atoms with Gasteiger partial charge in [0.25, 0.3) is 5.91 Å². The van der Waals surface area contributed by atoms with E-state index in [1.807, 2.05) is 6.07 Å². The van der Waals surface area contributed by atoms with Gasteiger partial charge in [0.05, 0.1) is 32.0 Å². The highest BCUT2D eigenvalue weighted by atomic mass is 32.2. The molecule has 2 aromatic carbocycles. The maximum atomic E-state index is 13.0.